The Bertz CT molecular complexity index is 973. The first kappa shape index (κ1) is 21.1. The van der Waals surface area contributed by atoms with Gasteiger partial charge in [-0.1, -0.05) is 24.3 Å². The smallest absolute Gasteiger partial charge is 0.342 e. The summed E-state index contributed by atoms with van der Waals surface area (Å²) in [6, 6.07) is 12.4. The molecule has 0 aliphatic rings. The Morgan fingerprint density at radius 1 is 1.18 bits per heavy atom. The second-order valence-electron chi connectivity index (χ2n) is 5.61. The summed E-state index contributed by atoms with van der Waals surface area (Å²) < 4.78 is 33.1. The van der Waals surface area contributed by atoms with Gasteiger partial charge < -0.3 is 14.4 Å². The molecule has 9 heteroatoms. The molecule has 2 aromatic rings. The van der Waals surface area contributed by atoms with Crippen LogP contribution in [0.25, 0.3) is 0 Å². The summed E-state index contributed by atoms with van der Waals surface area (Å²) in [6.45, 7) is 3.30. The number of sulfonamides is 1. The van der Waals surface area contributed by atoms with E-state index in [0.717, 1.165) is 6.07 Å². The van der Waals surface area contributed by atoms with Crippen LogP contribution in [0.1, 0.15) is 10.4 Å². The van der Waals surface area contributed by atoms with Gasteiger partial charge in [0.25, 0.3) is 5.91 Å². The summed E-state index contributed by atoms with van der Waals surface area (Å²) in [5.74, 6) is -1.29. The van der Waals surface area contributed by atoms with Crippen molar-refractivity contribution in [3.63, 3.8) is 0 Å². The van der Waals surface area contributed by atoms with Crippen LogP contribution in [0.2, 0.25) is 0 Å². The number of esters is 1. The van der Waals surface area contributed by atoms with Crippen molar-refractivity contribution < 1.29 is 27.5 Å². The number of benzene rings is 2. The van der Waals surface area contributed by atoms with Gasteiger partial charge >= 0.3 is 5.97 Å². The number of primary sulfonamides is 1. The maximum absolute atomic E-state index is 12.5. The first-order chi connectivity index (χ1) is 13.3. The van der Waals surface area contributed by atoms with Crippen LogP contribution < -0.4 is 14.8 Å². The Morgan fingerprint density at radius 3 is 2.43 bits per heavy atom. The zero-order chi connectivity index (χ0) is 20.7. The standard InChI is InChI=1S/C19H20N2O6S/c1-3-11-21(14-7-5-4-6-8-14)18(22)13-27-19(23)16-12-15(28(20,24)25)9-10-17(16)26-2/h3-10,12H,1,11,13H2,2H3,(H2,20,24,25). The van der Waals surface area contributed by atoms with E-state index in [1.165, 1.54) is 24.1 Å². The molecule has 2 rings (SSSR count). The number of ether oxygens (including phenoxy) is 2. The monoisotopic (exact) mass is 404 g/mol. The van der Waals surface area contributed by atoms with Gasteiger partial charge in [-0.15, -0.1) is 6.58 Å². The zero-order valence-corrected chi connectivity index (χ0v) is 16.0. The highest BCUT2D eigenvalue weighted by Gasteiger charge is 2.21. The molecule has 0 aromatic heterocycles. The van der Waals surface area contributed by atoms with Gasteiger partial charge in [-0.05, 0) is 30.3 Å². The van der Waals surface area contributed by atoms with E-state index in [9.17, 15) is 18.0 Å². The summed E-state index contributed by atoms with van der Waals surface area (Å²) in [7, 11) is -2.71. The van der Waals surface area contributed by atoms with Crippen LogP contribution in [0.3, 0.4) is 0 Å². The van der Waals surface area contributed by atoms with E-state index in [1.54, 1.807) is 30.3 Å². The third kappa shape index (κ3) is 5.18. The number of nitrogens with zero attached hydrogens (tertiary/aromatic N) is 1. The molecular formula is C19H20N2O6S. The fourth-order valence-electron chi connectivity index (χ4n) is 2.39. The molecule has 0 saturated carbocycles. The summed E-state index contributed by atoms with van der Waals surface area (Å²) in [5, 5.41) is 5.09. The van der Waals surface area contributed by atoms with E-state index in [0.29, 0.717) is 5.69 Å². The molecule has 0 saturated heterocycles. The van der Waals surface area contributed by atoms with Crippen molar-refractivity contribution in [1.29, 1.82) is 0 Å². The number of hydrogen-bond acceptors (Lipinski definition) is 6. The molecule has 0 aliphatic carbocycles. The Morgan fingerprint density at radius 2 is 1.86 bits per heavy atom. The van der Waals surface area contributed by atoms with E-state index in [2.05, 4.69) is 6.58 Å². The topological polar surface area (TPSA) is 116 Å². The molecule has 8 nitrogen and oxygen atoms in total. The highest BCUT2D eigenvalue weighted by atomic mass is 32.2. The Balaban J connectivity index is 2.18. The Kier molecular flexibility index (Phi) is 6.91. The van der Waals surface area contributed by atoms with Crippen LogP contribution in [-0.4, -0.2) is 40.6 Å². The summed E-state index contributed by atoms with van der Waals surface area (Å²) in [4.78, 5) is 26.0. The van der Waals surface area contributed by atoms with Crippen molar-refractivity contribution in [3.8, 4) is 5.75 Å². The quantitative estimate of drug-likeness (QED) is 0.529. The minimum atomic E-state index is -4.02. The lowest BCUT2D eigenvalue weighted by Gasteiger charge is -2.21. The van der Waals surface area contributed by atoms with Crippen molar-refractivity contribution >= 4 is 27.6 Å². The number of amides is 1. The van der Waals surface area contributed by atoms with Gasteiger partial charge in [-0.3, -0.25) is 4.79 Å². The molecule has 2 aromatic carbocycles. The third-order valence-electron chi connectivity index (χ3n) is 3.73. The summed E-state index contributed by atoms with van der Waals surface area (Å²) in [5.41, 5.74) is 0.467. The third-order valence-corrected chi connectivity index (χ3v) is 4.64. The van der Waals surface area contributed by atoms with E-state index >= 15 is 0 Å². The minimum Gasteiger partial charge on any atom is -0.496 e. The lowest BCUT2D eigenvalue weighted by molar-refractivity contribution is -0.121. The molecular weight excluding hydrogens is 384 g/mol. The number of nitrogens with two attached hydrogens (primary N) is 1. The van der Waals surface area contributed by atoms with E-state index < -0.39 is 28.5 Å². The molecule has 2 N–H and O–H groups in total. The average molecular weight is 404 g/mol. The maximum Gasteiger partial charge on any atom is 0.342 e. The number of hydrogen-bond donors (Lipinski definition) is 1. The van der Waals surface area contributed by atoms with E-state index in [4.69, 9.17) is 14.6 Å². The highest BCUT2D eigenvalue weighted by molar-refractivity contribution is 7.89. The number of para-hydroxylation sites is 1. The number of carbonyl (C=O) groups excluding carboxylic acids is 2. The van der Waals surface area contributed by atoms with E-state index in [-0.39, 0.29) is 22.8 Å². The molecule has 0 bridgehead atoms. The van der Waals surface area contributed by atoms with Crippen molar-refractivity contribution in [1.82, 2.24) is 0 Å². The lowest BCUT2D eigenvalue weighted by atomic mass is 10.2. The number of carbonyl (C=O) groups is 2. The second kappa shape index (κ2) is 9.16. The lowest BCUT2D eigenvalue weighted by Crippen LogP contribution is -2.34. The second-order valence-corrected chi connectivity index (χ2v) is 7.17. The van der Waals surface area contributed by atoms with Gasteiger partial charge in [0.15, 0.2) is 6.61 Å². The molecule has 0 atom stereocenters. The number of anilines is 1. The van der Waals surface area contributed by atoms with Gasteiger partial charge in [0.2, 0.25) is 10.0 Å². The van der Waals surface area contributed by atoms with Crippen LogP contribution in [-0.2, 0) is 19.6 Å². The average Bonchev–Trinajstić information content (AvgIpc) is 2.69. The maximum atomic E-state index is 12.5. The Hall–Kier alpha value is -3.17. The van der Waals surface area contributed by atoms with Crippen molar-refractivity contribution in [2.45, 2.75) is 4.90 Å². The predicted octanol–water partition coefficient (Wildman–Crippen LogP) is 1.72. The van der Waals surface area contributed by atoms with Crippen LogP contribution in [0, 0.1) is 0 Å². The normalized spacial score (nSPS) is 10.8. The molecule has 0 spiro atoms. The zero-order valence-electron chi connectivity index (χ0n) is 15.2. The summed E-state index contributed by atoms with van der Waals surface area (Å²) >= 11 is 0. The first-order valence-electron chi connectivity index (χ1n) is 8.12. The number of methoxy groups -OCH3 is 1. The highest BCUT2D eigenvalue weighted by Crippen LogP contribution is 2.23. The van der Waals surface area contributed by atoms with Crippen LogP contribution >= 0.6 is 0 Å². The molecule has 0 aliphatic heterocycles. The Labute approximate surface area is 163 Å². The predicted molar refractivity (Wildman–Crippen MR) is 104 cm³/mol. The van der Waals surface area contributed by atoms with Crippen molar-refractivity contribution in [2.75, 3.05) is 25.2 Å². The fourth-order valence-corrected chi connectivity index (χ4v) is 2.93. The molecule has 0 radical (unpaired) electrons. The first-order valence-corrected chi connectivity index (χ1v) is 9.67. The molecule has 148 valence electrons. The van der Waals surface area contributed by atoms with Crippen LogP contribution in [0.5, 0.6) is 5.75 Å². The number of rotatable bonds is 8. The van der Waals surface area contributed by atoms with Gasteiger partial charge in [0.1, 0.15) is 11.3 Å². The molecule has 0 fully saturated rings. The minimum absolute atomic E-state index is 0.0934. The van der Waals surface area contributed by atoms with Crippen molar-refractivity contribution in [3.05, 3.63) is 66.7 Å². The molecule has 1 amide bonds. The van der Waals surface area contributed by atoms with E-state index in [1.807, 2.05) is 6.07 Å². The molecule has 0 unspecified atom stereocenters. The van der Waals surface area contributed by atoms with Gasteiger partial charge in [0, 0.05) is 12.2 Å². The summed E-state index contributed by atoms with van der Waals surface area (Å²) in [6.07, 6.45) is 1.55. The van der Waals surface area contributed by atoms with Crippen LogP contribution in [0.15, 0.2) is 66.1 Å². The van der Waals surface area contributed by atoms with Gasteiger partial charge in [0.05, 0.1) is 12.0 Å². The fraction of sp³-hybridized carbons (Fsp3) is 0.158. The molecule has 0 heterocycles. The van der Waals surface area contributed by atoms with Gasteiger partial charge in [-0.25, -0.2) is 18.4 Å². The molecule has 28 heavy (non-hydrogen) atoms. The van der Waals surface area contributed by atoms with Crippen LogP contribution in [0.4, 0.5) is 5.69 Å². The largest absolute Gasteiger partial charge is 0.496 e. The van der Waals surface area contributed by atoms with Gasteiger partial charge in [-0.2, -0.15) is 0 Å². The van der Waals surface area contributed by atoms with Crippen molar-refractivity contribution in [2.24, 2.45) is 5.14 Å². The SMILES string of the molecule is C=CCN(C(=O)COC(=O)c1cc(S(N)(=O)=O)ccc1OC)c1ccccc1.